The number of amides is 1. The average Bonchev–Trinajstić information content (AvgIpc) is 2.58. The van der Waals surface area contributed by atoms with E-state index in [1.807, 2.05) is 48.5 Å². The van der Waals surface area contributed by atoms with Crippen LogP contribution in [0.1, 0.15) is 5.56 Å². The largest absolute Gasteiger partial charge is 0.496 e. The smallest absolute Gasteiger partial charge is 0.230 e. The standard InChI is InChI=1S/C17H19NO3S/c1-20-14-8-4-3-7-13(14)11-18-17(19)12-22-16-10-6-5-9-15(16)21-2/h3-10H,11-12H2,1-2H3,(H,18,19). The number of thioether (sulfide) groups is 1. The van der Waals surface area contributed by atoms with Crippen LogP contribution in [0.5, 0.6) is 11.5 Å². The van der Waals surface area contributed by atoms with Gasteiger partial charge in [0, 0.05) is 17.0 Å². The molecule has 2 aromatic rings. The van der Waals surface area contributed by atoms with Crippen LogP contribution in [0.3, 0.4) is 0 Å². The van der Waals surface area contributed by atoms with Gasteiger partial charge < -0.3 is 14.8 Å². The maximum absolute atomic E-state index is 12.0. The number of rotatable bonds is 7. The highest BCUT2D eigenvalue weighted by Crippen LogP contribution is 2.28. The second kappa shape index (κ2) is 8.34. The molecule has 0 spiro atoms. The first-order valence-corrected chi connectivity index (χ1v) is 7.87. The SMILES string of the molecule is COc1ccccc1CNC(=O)CSc1ccccc1OC. The normalized spacial score (nSPS) is 10.1. The second-order valence-electron chi connectivity index (χ2n) is 4.53. The average molecular weight is 317 g/mol. The van der Waals surface area contributed by atoms with Crippen LogP contribution in [0.2, 0.25) is 0 Å². The predicted octanol–water partition coefficient (Wildman–Crippen LogP) is 3.11. The summed E-state index contributed by atoms with van der Waals surface area (Å²) in [4.78, 5) is 12.9. The predicted molar refractivity (Wildman–Crippen MR) is 88.6 cm³/mol. The number of hydrogen-bond donors (Lipinski definition) is 1. The number of benzene rings is 2. The molecule has 2 aromatic carbocycles. The molecule has 1 N–H and O–H groups in total. The Bertz CT molecular complexity index is 577. The molecule has 1 amide bonds. The summed E-state index contributed by atoms with van der Waals surface area (Å²) in [5, 5.41) is 2.90. The molecule has 0 bridgehead atoms. The van der Waals surface area contributed by atoms with E-state index in [0.29, 0.717) is 12.3 Å². The molecule has 0 saturated heterocycles. The first-order valence-electron chi connectivity index (χ1n) is 6.89. The lowest BCUT2D eigenvalue weighted by Crippen LogP contribution is -2.24. The highest BCUT2D eigenvalue weighted by Gasteiger charge is 2.08. The molecule has 0 radical (unpaired) electrons. The van der Waals surface area contributed by atoms with Crippen molar-refractivity contribution in [3.05, 3.63) is 54.1 Å². The second-order valence-corrected chi connectivity index (χ2v) is 5.55. The van der Waals surface area contributed by atoms with Gasteiger partial charge in [0.05, 0.1) is 20.0 Å². The third-order valence-electron chi connectivity index (χ3n) is 3.10. The monoisotopic (exact) mass is 317 g/mol. The van der Waals surface area contributed by atoms with Crippen molar-refractivity contribution >= 4 is 17.7 Å². The van der Waals surface area contributed by atoms with Crippen LogP contribution in [0, 0.1) is 0 Å². The van der Waals surface area contributed by atoms with Gasteiger partial charge >= 0.3 is 0 Å². The number of carbonyl (C=O) groups is 1. The van der Waals surface area contributed by atoms with Crippen molar-refractivity contribution in [2.45, 2.75) is 11.4 Å². The molecule has 0 aliphatic heterocycles. The van der Waals surface area contributed by atoms with Crippen LogP contribution >= 0.6 is 11.8 Å². The lowest BCUT2D eigenvalue weighted by molar-refractivity contribution is -0.118. The molecule has 0 heterocycles. The number of nitrogens with one attached hydrogen (secondary N) is 1. The van der Waals surface area contributed by atoms with Gasteiger partial charge in [-0.1, -0.05) is 30.3 Å². The summed E-state index contributed by atoms with van der Waals surface area (Å²) < 4.78 is 10.5. The number of hydrogen-bond acceptors (Lipinski definition) is 4. The van der Waals surface area contributed by atoms with Crippen molar-refractivity contribution in [3.8, 4) is 11.5 Å². The molecule has 0 atom stereocenters. The van der Waals surface area contributed by atoms with Gasteiger partial charge in [-0.05, 0) is 18.2 Å². The minimum atomic E-state index is -0.0261. The Kier molecular flexibility index (Phi) is 6.15. The zero-order valence-electron chi connectivity index (χ0n) is 12.7. The van der Waals surface area contributed by atoms with Gasteiger partial charge in [-0.3, -0.25) is 4.79 Å². The highest BCUT2D eigenvalue weighted by atomic mass is 32.2. The summed E-state index contributed by atoms with van der Waals surface area (Å²) in [5.74, 6) is 1.88. The quantitative estimate of drug-likeness (QED) is 0.797. The van der Waals surface area contributed by atoms with E-state index in [1.54, 1.807) is 14.2 Å². The van der Waals surface area contributed by atoms with Gasteiger partial charge in [-0.25, -0.2) is 0 Å². The van der Waals surface area contributed by atoms with Gasteiger partial charge in [0.15, 0.2) is 0 Å². The molecular formula is C17H19NO3S. The lowest BCUT2D eigenvalue weighted by atomic mass is 10.2. The van der Waals surface area contributed by atoms with Crippen molar-refractivity contribution in [2.24, 2.45) is 0 Å². The van der Waals surface area contributed by atoms with Crippen molar-refractivity contribution in [1.29, 1.82) is 0 Å². The van der Waals surface area contributed by atoms with E-state index in [1.165, 1.54) is 11.8 Å². The molecule has 0 fully saturated rings. The van der Waals surface area contributed by atoms with Gasteiger partial charge in [0.25, 0.3) is 0 Å². The Balaban J connectivity index is 1.86. The van der Waals surface area contributed by atoms with E-state index < -0.39 is 0 Å². The first-order chi connectivity index (χ1) is 10.7. The van der Waals surface area contributed by atoms with Crippen LogP contribution < -0.4 is 14.8 Å². The van der Waals surface area contributed by atoms with Crippen molar-refractivity contribution < 1.29 is 14.3 Å². The molecule has 2 rings (SSSR count). The molecule has 0 unspecified atom stereocenters. The molecule has 0 aliphatic carbocycles. The van der Waals surface area contributed by atoms with Crippen molar-refractivity contribution in [1.82, 2.24) is 5.32 Å². The van der Waals surface area contributed by atoms with Crippen LogP contribution in [0.4, 0.5) is 0 Å². The molecule has 4 nitrogen and oxygen atoms in total. The molecule has 22 heavy (non-hydrogen) atoms. The van der Waals surface area contributed by atoms with Crippen LogP contribution in [-0.4, -0.2) is 25.9 Å². The van der Waals surface area contributed by atoms with E-state index in [4.69, 9.17) is 9.47 Å². The molecular weight excluding hydrogens is 298 g/mol. The first kappa shape index (κ1) is 16.2. The third kappa shape index (κ3) is 4.43. The van der Waals surface area contributed by atoms with Gasteiger partial charge in [-0.15, -0.1) is 11.8 Å². The molecule has 116 valence electrons. The summed E-state index contributed by atoms with van der Waals surface area (Å²) in [6, 6.07) is 15.3. The van der Waals surface area contributed by atoms with Gasteiger partial charge in [0.1, 0.15) is 11.5 Å². The van der Waals surface area contributed by atoms with Gasteiger partial charge in [-0.2, -0.15) is 0 Å². The Labute approximate surface area is 134 Å². The minimum absolute atomic E-state index is 0.0261. The fourth-order valence-corrected chi connectivity index (χ4v) is 2.83. The topological polar surface area (TPSA) is 47.6 Å². The lowest BCUT2D eigenvalue weighted by Gasteiger charge is -2.10. The zero-order valence-corrected chi connectivity index (χ0v) is 13.5. The summed E-state index contributed by atoms with van der Waals surface area (Å²) in [6.07, 6.45) is 0. The van der Waals surface area contributed by atoms with Crippen LogP contribution in [0.25, 0.3) is 0 Å². The third-order valence-corrected chi connectivity index (χ3v) is 4.15. The van der Waals surface area contributed by atoms with E-state index >= 15 is 0 Å². The Morgan fingerprint density at radius 1 is 1.00 bits per heavy atom. The summed E-state index contributed by atoms with van der Waals surface area (Å²) in [5.41, 5.74) is 0.959. The number of methoxy groups -OCH3 is 2. The number of para-hydroxylation sites is 2. The Morgan fingerprint density at radius 2 is 1.64 bits per heavy atom. The maximum atomic E-state index is 12.0. The van der Waals surface area contributed by atoms with Crippen LogP contribution in [0.15, 0.2) is 53.4 Å². The molecule has 0 saturated carbocycles. The van der Waals surface area contributed by atoms with Crippen molar-refractivity contribution in [2.75, 3.05) is 20.0 Å². The number of carbonyl (C=O) groups excluding carboxylic acids is 1. The van der Waals surface area contributed by atoms with Crippen molar-refractivity contribution in [3.63, 3.8) is 0 Å². The maximum Gasteiger partial charge on any atom is 0.230 e. The zero-order chi connectivity index (χ0) is 15.8. The van der Waals surface area contributed by atoms with Gasteiger partial charge in [0.2, 0.25) is 5.91 Å². The van der Waals surface area contributed by atoms with E-state index in [9.17, 15) is 4.79 Å². The number of ether oxygens (including phenoxy) is 2. The summed E-state index contributed by atoms with van der Waals surface area (Å²) in [7, 11) is 3.25. The highest BCUT2D eigenvalue weighted by molar-refractivity contribution is 8.00. The summed E-state index contributed by atoms with van der Waals surface area (Å²) >= 11 is 1.46. The molecule has 0 aliphatic rings. The molecule has 0 aromatic heterocycles. The molecule has 5 heteroatoms. The van der Waals surface area contributed by atoms with E-state index in [0.717, 1.165) is 22.0 Å². The van der Waals surface area contributed by atoms with E-state index in [-0.39, 0.29) is 5.91 Å². The fourth-order valence-electron chi connectivity index (χ4n) is 1.98. The Hall–Kier alpha value is -2.14. The Morgan fingerprint density at radius 3 is 2.36 bits per heavy atom. The van der Waals surface area contributed by atoms with E-state index in [2.05, 4.69) is 5.32 Å². The summed E-state index contributed by atoms with van der Waals surface area (Å²) in [6.45, 7) is 0.454. The fraction of sp³-hybridized carbons (Fsp3) is 0.235. The van der Waals surface area contributed by atoms with Crippen LogP contribution in [-0.2, 0) is 11.3 Å². The minimum Gasteiger partial charge on any atom is -0.496 e.